The number of anilines is 1. The molecule has 1 aliphatic rings. The lowest BCUT2D eigenvalue weighted by atomic mass is 10.2. The molecule has 1 fully saturated rings. The summed E-state index contributed by atoms with van der Waals surface area (Å²) in [6.45, 7) is 2.59. The van der Waals surface area contributed by atoms with Crippen LogP contribution in [0.1, 0.15) is 5.56 Å². The van der Waals surface area contributed by atoms with Crippen molar-refractivity contribution in [1.82, 2.24) is 4.90 Å². The van der Waals surface area contributed by atoms with Gasteiger partial charge < -0.3 is 9.80 Å². The minimum absolute atomic E-state index is 0.0215. The molecule has 0 saturated carbocycles. The molecule has 1 heterocycles. The molecule has 0 atom stereocenters. The van der Waals surface area contributed by atoms with Gasteiger partial charge in [0, 0.05) is 43.0 Å². The van der Waals surface area contributed by atoms with Crippen LogP contribution in [0.25, 0.3) is 6.08 Å². The van der Waals surface area contributed by atoms with E-state index in [1.807, 2.05) is 12.1 Å². The summed E-state index contributed by atoms with van der Waals surface area (Å²) in [7, 11) is 0. The van der Waals surface area contributed by atoms with Crippen LogP contribution in [0.4, 0.5) is 10.1 Å². The van der Waals surface area contributed by atoms with E-state index in [1.165, 1.54) is 6.07 Å². The third kappa shape index (κ3) is 4.53. The zero-order valence-electron chi connectivity index (χ0n) is 13.5. The fourth-order valence-electron chi connectivity index (χ4n) is 2.71. The van der Waals surface area contributed by atoms with Crippen molar-refractivity contribution in [2.24, 2.45) is 0 Å². The van der Waals surface area contributed by atoms with Crippen molar-refractivity contribution < 1.29 is 9.18 Å². The number of hydrogen-bond donors (Lipinski definition) is 0. The van der Waals surface area contributed by atoms with Crippen molar-refractivity contribution in [1.29, 1.82) is 0 Å². The third-order valence-electron chi connectivity index (χ3n) is 4.15. The molecule has 0 bridgehead atoms. The second-order valence-electron chi connectivity index (χ2n) is 5.80. The van der Waals surface area contributed by atoms with Crippen LogP contribution in [0.2, 0.25) is 10.0 Å². The largest absolute Gasteiger partial charge is 0.368 e. The Labute approximate surface area is 156 Å². The smallest absolute Gasteiger partial charge is 0.246 e. The third-order valence-corrected chi connectivity index (χ3v) is 4.69. The van der Waals surface area contributed by atoms with Crippen molar-refractivity contribution in [2.45, 2.75) is 0 Å². The Balaban J connectivity index is 1.57. The molecule has 1 aliphatic heterocycles. The fourth-order valence-corrected chi connectivity index (χ4v) is 3.01. The Morgan fingerprint density at radius 3 is 2.32 bits per heavy atom. The van der Waals surface area contributed by atoms with Crippen LogP contribution in [0, 0.1) is 5.82 Å². The van der Waals surface area contributed by atoms with E-state index in [4.69, 9.17) is 23.2 Å². The maximum Gasteiger partial charge on any atom is 0.246 e. The lowest BCUT2D eigenvalue weighted by Gasteiger charge is -2.35. The molecule has 6 heteroatoms. The highest BCUT2D eigenvalue weighted by Gasteiger charge is 2.20. The lowest BCUT2D eigenvalue weighted by Crippen LogP contribution is -2.48. The Morgan fingerprint density at radius 2 is 1.68 bits per heavy atom. The summed E-state index contributed by atoms with van der Waals surface area (Å²) >= 11 is 11.7. The van der Waals surface area contributed by atoms with Gasteiger partial charge in [-0.3, -0.25) is 4.79 Å². The first kappa shape index (κ1) is 17.8. The second kappa shape index (κ2) is 7.89. The summed E-state index contributed by atoms with van der Waals surface area (Å²) < 4.78 is 13.3. The van der Waals surface area contributed by atoms with Gasteiger partial charge in [-0.25, -0.2) is 4.39 Å². The van der Waals surface area contributed by atoms with E-state index in [0.29, 0.717) is 31.2 Å². The maximum atomic E-state index is 13.3. The maximum absolute atomic E-state index is 13.3. The highest BCUT2D eigenvalue weighted by Crippen LogP contribution is 2.23. The van der Waals surface area contributed by atoms with Crippen LogP contribution in [0.3, 0.4) is 0 Å². The number of benzene rings is 2. The second-order valence-corrected chi connectivity index (χ2v) is 6.64. The van der Waals surface area contributed by atoms with Gasteiger partial charge in [-0.15, -0.1) is 0 Å². The zero-order valence-corrected chi connectivity index (χ0v) is 15.0. The van der Waals surface area contributed by atoms with Crippen LogP contribution >= 0.6 is 23.2 Å². The summed E-state index contributed by atoms with van der Waals surface area (Å²) in [4.78, 5) is 16.2. The van der Waals surface area contributed by atoms with Gasteiger partial charge in [-0.2, -0.15) is 0 Å². The van der Waals surface area contributed by atoms with Crippen molar-refractivity contribution >= 4 is 40.9 Å². The number of piperazine rings is 1. The van der Waals surface area contributed by atoms with E-state index in [0.717, 1.165) is 11.3 Å². The van der Waals surface area contributed by atoms with Gasteiger partial charge in [0.1, 0.15) is 5.82 Å². The van der Waals surface area contributed by atoms with Crippen LogP contribution < -0.4 is 4.90 Å². The van der Waals surface area contributed by atoms with Crippen molar-refractivity contribution in [2.75, 3.05) is 31.1 Å². The molecule has 130 valence electrons. The van der Waals surface area contributed by atoms with Crippen molar-refractivity contribution in [3.05, 3.63) is 70.0 Å². The molecule has 25 heavy (non-hydrogen) atoms. The first-order chi connectivity index (χ1) is 12.0. The molecule has 3 nitrogen and oxygen atoms in total. The molecule has 0 unspecified atom stereocenters. The molecule has 0 N–H and O–H groups in total. The van der Waals surface area contributed by atoms with E-state index in [-0.39, 0.29) is 10.9 Å². The van der Waals surface area contributed by atoms with Crippen LogP contribution in [-0.4, -0.2) is 37.0 Å². The van der Waals surface area contributed by atoms with Gasteiger partial charge in [-0.05, 0) is 42.0 Å². The van der Waals surface area contributed by atoms with Crippen LogP contribution in [0.15, 0.2) is 48.5 Å². The summed E-state index contributed by atoms with van der Waals surface area (Å²) in [6, 6.07) is 12.0. The molecule has 0 radical (unpaired) electrons. The molecule has 0 spiro atoms. The average molecular weight is 379 g/mol. The minimum Gasteiger partial charge on any atom is -0.368 e. The zero-order chi connectivity index (χ0) is 17.8. The predicted octanol–water partition coefficient (Wildman–Crippen LogP) is 4.49. The summed E-state index contributed by atoms with van der Waals surface area (Å²) in [6.07, 6.45) is 3.36. The van der Waals surface area contributed by atoms with E-state index in [2.05, 4.69) is 4.90 Å². The highest BCUT2D eigenvalue weighted by molar-refractivity contribution is 6.31. The monoisotopic (exact) mass is 378 g/mol. The summed E-state index contributed by atoms with van der Waals surface area (Å²) in [5.74, 6) is -0.446. The predicted molar refractivity (Wildman–Crippen MR) is 101 cm³/mol. The topological polar surface area (TPSA) is 23.6 Å². The van der Waals surface area contributed by atoms with Gasteiger partial charge >= 0.3 is 0 Å². The Kier molecular flexibility index (Phi) is 5.61. The Bertz CT molecular complexity index is 785. The molecular weight excluding hydrogens is 362 g/mol. The molecule has 1 amide bonds. The SMILES string of the molecule is O=C(/C=C/c1ccc(Cl)cc1)N1CCN(c2ccc(F)c(Cl)c2)CC1. The van der Waals surface area contributed by atoms with Crippen molar-refractivity contribution in [3.8, 4) is 0 Å². The van der Waals surface area contributed by atoms with Gasteiger partial charge in [0.15, 0.2) is 0 Å². The quantitative estimate of drug-likeness (QED) is 0.734. The first-order valence-electron chi connectivity index (χ1n) is 7.95. The molecule has 0 aromatic heterocycles. The summed E-state index contributed by atoms with van der Waals surface area (Å²) in [5, 5.41) is 0.780. The van der Waals surface area contributed by atoms with E-state index < -0.39 is 5.82 Å². The van der Waals surface area contributed by atoms with E-state index in [1.54, 1.807) is 41.3 Å². The number of hydrogen-bond acceptors (Lipinski definition) is 2. The van der Waals surface area contributed by atoms with E-state index >= 15 is 0 Å². The first-order valence-corrected chi connectivity index (χ1v) is 8.71. The Hall–Kier alpha value is -2.04. The minimum atomic E-state index is -0.424. The molecule has 0 aliphatic carbocycles. The van der Waals surface area contributed by atoms with Crippen LogP contribution in [-0.2, 0) is 4.79 Å². The van der Waals surface area contributed by atoms with Gasteiger partial charge in [0.2, 0.25) is 5.91 Å². The molecule has 2 aromatic rings. The molecular formula is C19H17Cl2FN2O. The molecule has 3 rings (SSSR count). The number of nitrogens with zero attached hydrogens (tertiary/aromatic N) is 2. The summed E-state index contributed by atoms with van der Waals surface area (Å²) in [5.41, 5.74) is 1.80. The van der Waals surface area contributed by atoms with Gasteiger partial charge in [0.05, 0.1) is 5.02 Å². The number of carbonyl (C=O) groups is 1. The standard InChI is InChI=1S/C19H17Cl2FN2O/c20-15-4-1-14(2-5-15)3-8-19(25)24-11-9-23(10-12-24)16-6-7-18(22)17(21)13-16/h1-8,13H,9-12H2/b8-3+. The van der Waals surface area contributed by atoms with Crippen molar-refractivity contribution in [3.63, 3.8) is 0 Å². The number of halogens is 3. The number of rotatable bonds is 3. The average Bonchev–Trinajstić information content (AvgIpc) is 2.63. The number of carbonyl (C=O) groups excluding carboxylic acids is 1. The van der Waals surface area contributed by atoms with Gasteiger partial charge in [-0.1, -0.05) is 35.3 Å². The lowest BCUT2D eigenvalue weighted by molar-refractivity contribution is -0.126. The molecule has 2 aromatic carbocycles. The normalized spacial score (nSPS) is 15.0. The Morgan fingerprint density at radius 1 is 1.00 bits per heavy atom. The fraction of sp³-hybridized carbons (Fsp3) is 0.211. The number of amides is 1. The van der Waals surface area contributed by atoms with Gasteiger partial charge in [0.25, 0.3) is 0 Å². The highest BCUT2D eigenvalue weighted by atomic mass is 35.5. The molecule has 1 saturated heterocycles. The van der Waals surface area contributed by atoms with E-state index in [9.17, 15) is 9.18 Å². The van der Waals surface area contributed by atoms with Crippen LogP contribution in [0.5, 0.6) is 0 Å².